The summed E-state index contributed by atoms with van der Waals surface area (Å²) in [7, 11) is 0. The zero-order chi connectivity index (χ0) is 8.69. The topological polar surface area (TPSA) is 38.0 Å². The molecule has 2 atom stereocenters. The van der Waals surface area contributed by atoms with E-state index in [-0.39, 0.29) is 6.04 Å². The van der Waals surface area contributed by atoms with Crippen LogP contribution < -0.4 is 11.1 Å². The van der Waals surface area contributed by atoms with Crippen LogP contribution in [0.3, 0.4) is 0 Å². The van der Waals surface area contributed by atoms with E-state index in [9.17, 15) is 0 Å². The fourth-order valence-corrected chi connectivity index (χ4v) is 1.15. The van der Waals surface area contributed by atoms with Crippen LogP contribution in [0, 0.1) is 0 Å². The van der Waals surface area contributed by atoms with Gasteiger partial charge in [-0.1, -0.05) is 20.3 Å². The molecule has 0 fully saturated rings. The van der Waals surface area contributed by atoms with Gasteiger partial charge in [-0.2, -0.15) is 0 Å². The second kappa shape index (κ2) is 6.62. The minimum absolute atomic E-state index is 0.279. The predicted octanol–water partition coefficient (Wildman–Crippen LogP) is 1.50. The molecule has 2 nitrogen and oxygen atoms in total. The highest BCUT2D eigenvalue weighted by molar-refractivity contribution is 4.66. The quantitative estimate of drug-likeness (QED) is 0.615. The summed E-state index contributed by atoms with van der Waals surface area (Å²) >= 11 is 0. The minimum Gasteiger partial charge on any atom is -0.327 e. The molecule has 0 amide bonds. The molecule has 0 bridgehead atoms. The summed E-state index contributed by atoms with van der Waals surface area (Å²) in [5.41, 5.74) is 5.63. The number of rotatable bonds is 6. The van der Waals surface area contributed by atoms with E-state index in [1.165, 1.54) is 19.3 Å². The first-order valence-electron chi connectivity index (χ1n) is 4.69. The zero-order valence-corrected chi connectivity index (χ0v) is 8.06. The molecule has 0 aromatic carbocycles. The maximum Gasteiger partial charge on any atom is 0.0136 e. The molecule has 11 heavy (non-hydrogen) atoms. The molecule has 0 aromatic heterocycles. The molecule has 0 aliphatic carbocycles. The third-order valence-corrected chi connectivity index (χ3v) is 1.86. The van der Waals surface area contributed by atoms with Crippen molar-refractivity contribution in [1.82, 2.24) is 5.32 Å². The Morgan fingerprint density at radius 3 is 2.36 bits per heavy atom. The molecule has 0 heterocycles. The lowest BCUT2D eigenvalue weighted by Gasteiger charge is -2.17. The van der Waals surface area contributed by atoms with Crippen LogP contribution in [0.25, 0.3) is 0 Å². The minimum atomic E-state index is 0.279. The number of hydrogen-bond acceptors (Lipinski definition) is 2. The van der Waals surface area contributed by atoms with E-state index < -0.39 is 0 Å². The number of hydrogen-bond donors (Lipinski definition) is 2. The van der Waals surface area contributed by atoms with Gasteiger partial charge in [0.2, 0.25) is 0 Å². The molecular weight excluding hydrogens is 136 g/mol. The third-order valence-electron chi connectivity index (χ3n) is 1.86. The monoisotopic (exact) mass is 158 g/mol. The lowest BCUT2D eigenvalue weighted by Crippen LogP contribution is -2.37. The van der Waals surface area contributed by atoms with Gasteiger partial charge in [0, 0.05) is 18.6 Å². The number of nitrogens with two attached hydrogens (primary N) is 1. The highest BCUT2D eigenvalue weighted by Crippen LogP contribution is 1.99. The van der Waals surface area contributed by atoms with Crippen molar-refractivity contribution in [3.05, 3.63) is 0 Å². The molecule has 0 aliphatic heterocycles. The van der Waals surface area contributed by atoms with E-state index in [0.717, 1.165) is 6.54 Å². The molecule has 2 unspecified atom stereocenters. The van der Waals surface area contributed by atoms with E-state index in [4.69, 9.17) is 5.73 Å². The first-order valence-corrected chi connectivity index (χ1v) is 4.69. The Balaban J connectivity index is 3.35. The summed E-state index contributed by atoms with van der Waals surface area (Å²) in [4.78, 5) is 0. The van der Waals surface area contributed by atoms with Crippen molar-refractivity contribution in [1.29, 1.82) is 0 Å². The summed E-state index contributed by atoms with van der Waals surface area (Å²) in [6, 6.07) is 0.951. The van der Waals surface area contributed by atoms with Gasteiger partial charge in [-0.3, -0.25) is 0 Å². The standard InChI is InChI=1S/C9H22N2/c1-4-6-9(5-2)11-7-8(3)10/h8-9,11H,4-7,10H2,1-3H3. The van der Waals surface area contributed by atoms with Crippen LogP contribution in [0.4, 0.5) is 0 Å². The molecule has 2 heteroatoms. The number of nitrogens with one attached hydrogen (secondary N) is 1. The summed E-state index contributed by atoms with van der Waals surface area (Å²) in [6.07, 6.45) is 3.73. The van der Waals surface area contributed by atoms with Crippen molar-refractivity contribution in [2.45, 2.75) is 52.1 Å². The van der Waals surface area contributed by atoms with Crippen LogP contribution in [-0.4, -0.2) is 18.6 Å². The first kappa shape index (κ1) is 10.9. The summed E-state index contributed by atoms with van der Waals surface area (Å²) < 4.78 is 0. The van der Waals surface area contributed by atoms with E-state index in [2.05, 4.69) is 19.2 Å². The van der Waals surface area contributed by atoms with Gasteiger partial charge in [0.1, 0.15) is 0 Å². The van der Waals surface area contributed by atoms with Gasteiger partial charge in [-0.05, 0) is 19.8 Å². The highest BCUT2D eigenvalue weighted by Gasteiger charge is 2.03. The zero-order valence-electron chi connectivity index (χ0n) is 8.06. The Hall–Kier alpha value is -0.0800. The fraction of sp³-hybridized carbons (Fsp3) is 1.00. The second-order valence-corrected chi connectivity index (χ2v) is 3.28. The lowest BCUT2D eigenvalue weighted by molar-refractivity contribution is 0.448. The SMILES string of the molecule is CCCC(CC)NCC(C)N. The van der Waals surface area contributed by atoms with Gasteiger partial charge >= 0.3 is 0 Å². The van der Waals surface area contributed by atoms with Gasteiger partial charge in [0.05, 0.1) is 0 Å². The summed E-state index contributed by atoms with van der Waals surface area (Å²) in [5.74, 6) is 0. The Bertz CT molecular complexity index is 81.6. The van der Waals surface area contributed by atoms with Gasteiger partial charge in [0.15, 0.2) is 0 Å². The van der Waals surface area contributed by atoms with Crippen LogP contribution in [0.2, 0.25) is 0 Å². The first-order chi connectivity index (χ1) is 5.20. The molecule has 0 aromatic rings. The van der Waals surface area contributed by atoms with Crippen LogP contribution in [-0.2, 0) is 0 Å². The third kappa shape index (κ3) is 6.32. The molecular formula is C9H22N2. The van der Waals surface area contributed by atoms with Crippen molar-refractivity contribution in [3.8, 4) is 0 Å². The van der Waals surface area contributed by atoms with Crippen LogP contribution >= 0.6 is 0 Å². The second-order valence-electron chi connectivity index (χ2n) is 3.28. The Morgan fingerprint density at radius 2 is 2.00 bits per heavy atom. The van der Waals surface area contributed by atoms with E-state index >= 15 is 0 Å². The summed E-state index contributed by atoms with van der Waals surface area (Å²) in [6.45, 7) is 7.41. The molecule has 68 valence electrons. The van der Waals surface area contributed by atoms with Gasteiger partial charge in [-0.25, -0.2) is 0 Å². The molecule has 0 spiro atoms. The maximum atomic E-state index is 5.63. The predicted molar refractivity (Wildman–Crippen MR) is 50.6 cm³/mol. The molecule has 0 radical (unpaired) electrons. The average molecular weight is 158 g/mol. The van der Waals surface area contributed by atoms with Gasteiger partial charge in [0.25, 0.3) is 0 Å². The summed E-state index contributed by atoms with van der Waals surface area (Å²) in [5, 5.41) is 3.44. The normalized spacial score (nSPS) is 16.4. The van der Waals surface area contributed by atoms with Crippen molar-refractivity contribution < 1.29 is 0 Å². The van der Waals surface area contributed by atoms with Crippen LogP contribution in [0.5, 0.6) is 0 Å². The maximum absolute atomic E-state index is 5.63. The highest BCUT2D eigenvalue weighted by atomic mass is 14.9. The Morgan fingerprint density at radius 1 is 1.36 bits per heavy atom. The molecule has 3 N–H and O–H groups in total. The van der Waals surface area contributed by atoms with Gasteiger partial charge < -0.3 is 11.1 Å². The molecule has 0 rings (SSSR count). The van der Waals surface area contributed by atoms with Crippen LogP contribution in [0.15, 0.2) is 0 Å². The van der Waals surface area contributed by atoms with Gasteiger partial charge in [-0.15, -0.1) is 0 Å². The Kier molecular flexibility index (Phi) is 6.57. The Labute approximate surface area is 70.5 Å². The molecule has 0 aliphatic rings. The van der Waals surface area contributed by atoms with E-state index in [1.807, 2.05) is 6.92 Å². The largest absolute Gasteiger partial charge is 0.327 e. The average Bonchev–Trinajstić information content (AvgIpc) is 1.97. The van der Waals surface area contributed by atoms with Crippen molar-refractivity contribution in [2.75, 3.05) is 6.54 Å². The van der Waals surface area contributed by atoms with E-state index in [1.54, 1.807) is 0 Å². The smallest absolute Gasteiger partial charge is 0.0136 e. The molecule has 0 saturated carbocycles. The van der Waals surface area contributed by atoms with Crippen molar-refractivity contribution in [2.24, 2.45) is 5.73 Å². The fourth-order valence-electron chi connectivity index (χ4n) is 1.15. The molecule has 0 saturated heterocycles. The van der Waals surface area contributed by atoms with Crippen LogP contribution in [0.1, 0.15) is 40.0 Å². The van der Waals surface area contributed by atoms with E-state index in [0.29, 0.717) is 6.04 Å². The van der Waals surface area contributed by atoms with Crippen molar-refractivity contribution in [3.63, 3.8) is 0 Å². The lowest BCUT2D eigenvalue weighted by atomic mass is 10.1. The van der Waals surface area contributed by atoms with Crippen molar-refractivity contribution >= 4 is 0 Å².